The van der Waals surface area contributed by atoms with Crippen LogP contribution in [0.3, 0.4) is 0 Å². The Morgan fingerprint density at radius 1 is 0.966 bits per heavy atom. The quantitative estimate of drug-likeness (QED) is 0.423. The third kappa shape index (κ3) is 4.31. The van der Waals surface area contributed by atoms with E-state index in [1.807, 2.05) is 24.3 Å². The molecule has 0 bridgehead atoms. The Morgan fingerprint density at radius 3 is 2.31 bits per heavy atom. The predicted octanol–water partition coefficient (Wildman–Crippen LogP) is 3.80. The summed E-state index contributed by atoms with van der Waals surface area (Å²) in [5, 5.41) is 0. The molecule has 0 saturated carbocycles. The van der Waals surface area contributed by atoms with Gasteiger partial charge in [0.25, 0.3) is 0 Å². The first kappa shape index (κ1) is 20.6. The molecule has 1 amide bonds. The minimum atomic E-state index is -1.18. The van der Waals surface area contributed by atoms with Crippen molar-refractivity contribution in [2.75, 3.05) is 19.8 Å². The Morgan fingerprint density at radius 2 is 1.62 bits per heavy atom. The average molecular weight is 395 g/mol. The van der Waals surface area contributed by atoms with E-state index in [1.165, 1.54) is 4.90 Å². The van der Waals surface area contributed by atoms with Crippen LogP contribution < -0.4 is 0 Å². The lowest BCUT2D eigenvalue weighted by atomic mass is 9.81. The monoisotopic (exact) mass is 395 g/mol. The maximum Gasteiger partial charge on any atom is 0.410 e. The molecule has 2 atom stereocenters. The number of rotatable bonds is 6. The van der Waals surface area contributed by atoms with Crippen molar-refractivity contribution in [2.45, 2.75) is 26.3 Å². The van der Waals surface area contributed by atoms with Crippen LogP contribution >= 0.6 is 0 Å². The zero-order chi connectivity index (χ0) is 20.8. The molecule has 2 unspecified atom stereocenters. The van der Waals surface area contributed by atoms with Gasteiger partial charge in [-0.25, -0.2) is 4.79 Å². The summed E-state index contributed by atoms with van der Waals surface area (Å²) in [7, 11) is 0. The SMILES string of the molecule is CCOC(=O)C(C(=O)c1ccccc1)C1c2ccccc2CCN1C(=O)OCC. The summed E-state index contributed by atoms with van der Waals surface area (Å²) in [5.74, 6) is -2.19. The van der Waals surface area contributed by atoms with Gasteiger partial charge >= 0.3 is 12.1 Å². The van der Waals surface area contributed by atoms with Gasteiger partial charge in [-0.3, -0.25) is 14.5 Å². The number of Topliss-reactive ketones (excluding diaryl/α,β-unsaturated/α-hetero) is 1. The molecule has 3 rings (SSSR count). The third-order valence-electron chi connectivity index (χ3n) is 5.03. The highest BCUT2D eigenvalue weighted by Gasteiger charge is 2.45. The Kier molecular flexibility index (Phi) is 6.65. The summed E-state index contributed by atoms with van der Waals surface area (Å²) in [5.41, 5.74) is 2.18. The lowest BCUT2D eigenvalue weighted by molar-refractivity contribution is -0.148. The van der Waals surface area contributed by atoms with E-state index in [2.05, 4.69) is 0 Å². The average Bonchev–Trinajstić information content (AvgIpc) is 2.75. The molecule has 2 aromatic carbocycles. The van der Waals surface area contributed by atoms with E-state index < -0.39 is 24.0 Å². The highest BCUT2D eigenvalue weighted by atomic mass is 16.6. The second-order valence-electron chi connectivity index (χ2n) is 6.75. The molecule has 152 valence electrons. The molecule has 0 N–H and O–H groups in total. The summed E-state index contributed by atoms with van der Waals surface area (Å²) in [6.45, 7) is 4.13. The van der Waals surface area contributed by atoms with E-state index in [4.69, 9.17) is 9.47 Å². The van der Waals surface area contributed by atoms with E-state index in [9.17, 15) is 14.4 Å². The zero-order valence-corrected chi connectivity index (χ0v) is 16.7. The van der Waals surface area contributed by atoms with Crippen LogP contribution in [-0.2, 0) is 20.7 Å². The van der Waals surface area contributed by atoms with E-state index in [-0.39, 0.29) is 19.0 Å². The van der Waals surface area contributed by atoms with Crippen molar-refractivity contribution < 1.29 is 23.9 Å². The first-order chi connectivity index (χ1) is 14.1. The van der Waals surface area contributed by atoms with Crippen LogP contribution in [0.1, 0.15) is 41.4 Å². The van der Waals surface area contributed by atoms with Crippen molar-refractivity contribution in [3.63, 3.8) is 0 Å². The Hall–Kier alpha value is -3.15. The molecule has 1 aliphatic rings. The fourth-order valence-electron chi connectivity index (χ4n) is 3.76. The molecular formula is C23H25NO5. The summed E-state index contributed by atoms with van der Waals surface area (Å²) < 4.78 is 10.5. The molecule has 2 aromatic rings. The van der Waals surface area contributed by atoms with Crippen LogP contribution in [0, 0.1) is 5.92 Å². The largest absolute Gasteiger partial charge is 0.465 e. The van der Waals surface area contributed by atoms with Crippen LogP contribution in [0.15, 0.2) is 54.6 Å². The molecule has 0 saturated heterocycles. The van der Waals surface area contributed by atoms with Crippen molar-refractivity contribution in [1.29, 1.82) is 0 Å². The standard InChI is InChI=1S/C23H25NO5/c1-3-28-22(26)19(21(25)17-11-6-5-7-12-17)20-18-13-9-8-10-16(18)14-15-24(20)23(27)29-4-2/h5-13,19-20H,3-4,14-15H2,1-2H3. The van der Waals surface area contributed by atoms with Crippen molar-refractivity contribution >= 4 is 17.8 Å². The normalized spacial score (nSPS) is 16.5. The predicted molar refractivity (Wildman–Crippen MR) is 108 cm³/mol. The number of hydrogen-bond acceptors (Lipinski definition) is 5. The summed E-state index contributed by atoms with van der Waals surface area (Å²) in [6, 6.07) is 15.4. The minimum absolute atomic E-state index is 0.144. The zero-order valence-electron chi connectivity index (χ0n) is 16.7. The van der Waals surface area contributed by atoms with Gasteiger partial charge in [0.15, 0.2) is 5.78 Å². The Balaban J connectivity index is 2.11. The smallest absolute Gasteiger partial charge is 0.410 e. The highest BCUT2D eigenvalue weighted by molar-refractivity contribution is 6.09. The molecule has 1 aliphatic heterocycles. The minimum Gasteiger partial charge on any atom is -0.465 e. The molecule has 0 spiro atoms. The number of hydrogen-bond donors (Lipinski definition) is 0. The van der Waals surface area contributed by atoms with E-state index >= 15 is 0 Å². The van der Waals surface area contributed by atoms with Gasteiger partial charge in [-0.2, -0.15) is 0 Å². The number of amides is 1. The van der Waals surface area contributed by atoms with Gasteiger partial charge in [0.2, 0.25) is 0 Å². The topological polar surface area (TPSA) is 72.9 Å². The number of benzene rings is 2. The number of ketones is 1. The molecule has 0 aliphatic carbocycles. The van der Waals surface area contributed by atoms with Crippen molar-refractivity contribution in [3.05, 3.63) is 71.3 Å². The van der Waals surface area contributed by atoms with Gasteiger partial charge in [-0.05, 0) is 31.4 Å². The highest BCUT2D eigenvalue weighted by Crippen LogP contribution is 2.38. The van der Waals surface area contributed by atoms with Crippen LogP contribution in [0.25, 0.3) is 0 Å². The second kappa shape index (κ2) is 9.37. The van der Waals surface area contributed by atoms with E-state index in [0.29, 0.717) is 18.5 Å². The third-order valence-corrected chi connectivity index (χ3v) is 5.03. The number of nitrogens with zero attached hydrogens (tertiary/aromatic N) is 1. The van der Waals surface area contributed by atoms with Crippen molar-refractivity contribution in [2.24, 2.45) is 5.92 Å². The van der Waals surface area contributed by atoms with Gasteiger partial charge in [-0.1, -0.05) is 54.6 Å². The van der Waals surface area contributed by atoms with E-state index in [0.717, 1.165) is 11.1 Å². The molecule has 1 heterocycles. The van der Waals surface area contributed by atoms with Gasteiger partial charge in [0.05, 0.1) is 19.3 Å². The van der Waals surface area contributed by atoms with Crippen LogP contribution in [0.5, 0.6) is 0 Å². The summed E-state index contributed by atoms with van der Waals surface area (Å²) >= 11 is 0. The van der Waals surface area contributed by atoms with Crippen molar-refractivity contribution in [3.8, 4) is 0 Å². The number of carbonyl (C=O) groups is 3. The molecule has 6 nitrogen and oxygen atoms in total. The number of esters is 1. The molecule has 29 heavy (non-hydrogen) atoms. The van der Waals surface area contributed by atoms with Gasteiger partial charge in [-0.15, -0.1) is 0 Å². The Bertz CT molecular complexity index is 880. The van der Waals surface area contributed by atoms with E-state index in [1.54, 1.807) is 44.2 Å². The fraction of sp³-hybridized carbons (Fsp3) is 0.348. The first-order valence-corrected chi connectivity index (χ1v) is 9.85. The second-order valence-corrected chi connectivity index (χ2v) is 6.75. The number of carbonyl (C=O) groups excluding carboxylic acids is 3. The maximum atomic E-state index is 13.4. The van der Waals surface area contributed by atoms with Gasteiger partial charge in [0, 0.05) is 12.1 Å². The molecule has 0 radical (unpaired) electrons. The molecular weight excluding hydrogens is 370 g/mol. The fourth-order valence-corrected chi connectivity index (χ4v) is 3.76. The number of fused-ring (bicyclic) bond motifs is 1. The molecule has 0 aromatic heterocycles. The van der Waals surface area contributed by atoms with Gasteiger partial charge in [0.1, 0.15) is 5.92 Å². The van der Waals surface area contributed by atoms with Crippen LogP contribution in [0.4, 0.5) is 4.79 Å². The lowest BCUT2D eigenvalue weighted by Crippen LogP contribution is -2.48. The summed E-state index contributed by atoms with van der Waals surface area (Å²) in [6.07, 6.45) is 0.0859. The van der Waals surface area contributed by atoms with Crippen molar-refractivity contribution in [1.82, 2.24) is 4.90 Å². The lowest BCUT2D eigenvalue weighted by Gasteiger charge is -2.39. The maximum absolute atomic E-state index is 13.4. The first-order valence-electron chi connectivity index (χ1n) is 9.85. The van der Waals surface area contributed by atoms with Crippen LogP contribution in [-0.4, -0.2) is 42.5 Å². The summed E-state index contributed by atoms with van der Waals surface area (Å²) in [4.78, 5) is 40.6. The molecule has 6 heteroatoms. The number of ether oxygens (including phenoxy) is 2. The van der Waals surface area contributed by atoms with Gasteiger partial charge < -0.3 is 9.47 Å². The Labute approximate surface area is 170 Å². The van der Waals surface area contributed by atoms with Crippen LogP contribution in [0.2, 0.25) is 0 Å². The molecule has 0 fully saturated rings.